The van der Waals surface area contributed by atoms with Crippen molar-refractivity contribution in [2.45, 2.75) is 25.1 Å². The Bertz CT molecular complexity index is 1950. The highest BCUT2D eigenvalue weighted by molar-refractivity contribution is 5.98. The number of hydrogen-bond donors (Lipinski definition) is 3. The summed E-state index contributed by atoms with van der Waals surface area (Å²) in [5, 5.41) is 18.3. The zero-order valence-electron chi connectivity index (χ0n) is 24.7. The zero-order chi connectivity index (χ0) is 34.3. The number of anilines is 1. The van der Waals surface area contributed by atoms with E-state index < -0.39 is 70.6 Å². The predicted octanol–water partition coefficient (Wildman–Crippen LogP) is 5.61. The van der Waals surface area contributed by atoms with Crippen molar-refractivity contribution in [1.82, 2.24) is 20.4 Å². The molecule has 2 fully saturated rings. The largest absolute Gasteiger partial charge is 0.479 e. The molecule has 3 N–H and O–H groups in total. The van der Waals surface area contributed by atoms with Crippen LogP contribution in [0.3, 0.4) is 0 Å². The van der Waals surface area contributed by atoms with Gasteiger partial charge in [-0.15, -0.1) is 0 Å². The number of carbonyl (C=O) groups is 3. The molecular weight excluding hydrogens is 645 g/mol. The summed E-state index contributed by atoms with van der Waals surface area (Å²) in [5.41, 5.74) is -1.53. The van der Waals surface area contributed by atoms with Gasteiger partial charge in [0.2, 0.25) is 11.8 Å². The molecule has 2 bridgehead atoms. The highest BCUT2D eigenvalue weighted by Gasteiger charge is 2.55. The predicted molar refractivity (Wildman–Crippen MR) is 156 cm³/mol. The lowest BCUT2D eigenvalue weighted by atomic mass is 9.83. The summed E-state index contributed by atoms with van der Waals surface area (Å²) in [5.74, 6) is -7.34. The van der Waals surface area contributed by atoms with Crippen molar-refractivity contribution < 1.29 is 50.7 Å². The molecule has 2 amide bonds. The van der Waals surface area contributed by atoms with E-state index in [1.54, 1.807) is 6.08 Å². The number of aromatic nitrogens is 3. The van der Waals surface area contributed by atoms with E-state index in [0.29, 0.717) is 30.5 Å². The molecular formula is C32H24F5N5O6. The Morgan fingerprint density at radius 3 is 2.48 bits per heavy atom. The molecule has 4 aromatic rings. The normalized spacial score (nSPS) is 20.9. The first-order chi connectivity index (χ1) is 22.8. The third-order valence-electron chi connectivity index (χ3n) is 8.46. The Balaban J connectivity index is 1.35. The van der Waals surface area contributed by atoms with E-state index in [0.717, 1.165) is 36.0 Å². The number of hydrogen-bond acceptors (Lipinski definition) is 8. The number of alkyl halides is 3. The average Bonchev–Trinajstić information content (AvgIpc) is 3.78. The molecule has 248 valence electrons. The van der Waals surface area contributed by atoms with Gasteiger partial charge < -0.3 is 25.0 Å². The minimum atomic E-state index is -5.01. The quantitative estimate of drug-likeness (QED) is 0.203. The van der Waals surface area contributed by atoms with Crippen LogP contribution in [0.1, 0.15) is 44.8 Å². The number of nitrogens with zero attached hydrogens (tertiary/aromatic N) is 3. The second-order valence-corrected chi connectivity index (χ2v) is 11.2. The molecule has 0 radical (unpaired) electrons. The van der Waals surface area contributed by atoms with E-state index in [4.69, 9.17) is 9.26 Å². The topological polar surface area (TPSA) is 157 Å². The number of benzene rings is 2. The first-order valence-electron chi connectivity index (χ1n) is 14.4. The van der Waals surface area contributed by atoms with Crippen molar-refractivity contribution in [3.63, 3.8) is 0 Å². The number of aromatic carboxylic acids is 1. The highest BCUT2D eigenvalue weighted by atomic mass is 19.4. The number of nitrogens with one attached hydrogen (secondary N) is 2. The smallest absolute Gasteiger partial charge is 0.419 e. The number of amides is 2. The number of carbonyl (C=O) groups excluding carboxylic acids is 2. The Labute approximate surface area is 267 Å². The summed E-state index contributed by atoms with van der Waals surface area (Å²) in [7, 11) is 1.22. The number of fused-ring (bicyclic) bond motifs is 2. The monoisotopic (exact) mass is 669 g/mol. The molecule has 0 spiro atoms. The van der Waals surface area contributed by atoms with Gasteiger partial charge >= 0.3 is 12.1 Å². The molecule has 2 aliphatic carbocycles. The molecule has 6 rings (SSSR count). The summed E-state index contributed by atoms with van der Waals surface area (Å²) in [6.07, 6.45) is 1.76. The van der Waals surface area contributed by atoms with Gasteiger partial charge in [-0.2, -0.15) is 13.2 Å². The molecule has 2 aromatic heterocycles. The Morgan fingerprint density at radius 1 is 1.04 bits per heavy atom. The van der Waals surface area contributed by atoms with Gasteiger partial charge in [0.05, 0.1) is 42.2 Å². The van der Waals surface area contributed by atoms with Crippen LogP contribution >= 0.6 is 0 Å². The van der Waals surface area contributed by atoms with Crippen molar-refractivity contribution in [2.24, 2.45) is 17.8 Å². The maximum absolute atomic E-state index is 14.8. The van der Waals surface area contributed by atoms with Gasteiger partial charge in [-0.25, -0.2) is 23.5 Å². The molecule has 2 heterocycles. The molecule has 0 saturated heterocycles. The molecule has 0 unspecified atom stereocenters. The lowest BCUT2D eigenvalue weighted by Crippen LogP contribution is -2.48. The van der Waals surface area contributed by atoms with Crippen LogP contribution in [0.5, 0.6) is 5.88 Å². The molecule has 2 aliphatic rings. The minimum Gasteiger partial charge on any atom is -0.479 e. The first-order valence-corrected chi connectivity index (χ1v) is 14.4. The second kappa shape index (κ2) is 12.5. The number of methoxy groups -OCH3 is 1. The Morgan fingerprint density at radius 2 is 1.79 bits per heavy atom. The van der Waals surface area contributed by atoms with Gasteiger partial charge in [-0.1, -0.05) is 16.8 Å². The van der Waals surface area contributed by atoms with Gasteiger partial charge in [0.25, 0.3) is 5.91 Å². The standard InChI is InChI=1S/C32H24F5N5O6/c1-47-30-27(41-24(12-38-30)20-9-15(31(45)46)2-6-22(20)33)29(44)42-26-18-5-4-17(19(18)8-14-11-39-48-13-14)25(26)28(43)40-16-3-7-23(34)21(10-16)32(35,36)37/h2-3,6-13,17-18,25-26H,4-5H2,1H3,(H,40,43)(H,42,44)(H,45,46)/b19-8-/t17-,18+,25-,26+/m0/s1. The summed E-state index contributed by atoms with van der Waals surface area (Å²) >= 11 is 0. The number of halogens is 5. The van der Waals surface area contributed by atoms with E-state index in [1.165, 1.54) is 19.6 Å². The summed E-state index contributed by atoms with van der Waals surface area (Å²) in [6, 6.07) is 4.22. The lowest BCUT2D eigenvalue weighted by Gasteiger charge is -2.30. The SMILES string of the molecule is COc1ncc(-c2cc(C(=O)O)ccc2F)nc1C(=O)N[C@H]1[C@@H](C(=O)Nc2ccc(F)c(C(F)(F)F)c2)[C@H]2CC[C@@H]1/C2=C\c1cnoc1. The van der Waals surface area contributed by atoms with Crippen LogP contribution in [0.4, 0.5) is 27.6 Å². The summed E-state index contributed by atoms with van der Waals surface area (Å²) < 4.78 is 78.9. The number of rotatable bonds is 8. The summed E-state index contributed by atoms with van der Waals surface area (Å²) in [6.45, 7) is 0. The zero-order valence-corrected chi connectivity index (χ0v) is 24.7. The van der Waals surface area contributed by atoms with Crippen LogP contribution in [0.25, 0.3) is 17.3 Å². The molecule has 2 aromatic carbocycles. The van der Waals surface area contributed by atoms with Crippen LogP contribution in [0.2, 0.25) is 0 Å². The van der Waals surface area contributed by atoms with Crippen LogP contribution in [0.15, 0.2) is 65.2 Å². The second-order valence-electron chi connectivity index (χ2n) is 11.2. The van der Waals surface area contributed by atoms with Crippen LogP contribution in [-0.4, -0.2) is 51.2 Å². The van der Waals surface area contributed by atoms with E-state index in [1.807, 2.05) is 0 Å². The van der Waals surface area contributed by atoms with Crippen molar-refractivity contribution in [3.05, 3.63) is 94.6 Å². The fourth-order valence-corrected chi connectivity index (χ4v) is 6.39. The van der Waals surface area contributed by atoms with E-state index in [9.17, 15) is 41.4 Å². The number of carboxylic acid groups (broad SMARTS) is 1. The molecule has 48 heavy (non-hydrogen) atoms. The molecule has 0 aliphatic heterocycles. The molecule has 16 heteroatoms. The van der Waals surface area contributed by atoms with E-state index in [2.05, 4.69) is 25.8 Å². The van der Waals surface area contributed by atoms with E-state index in [-0.39, 0.29) is 28.4 Å². The van der Waals surface area contributed by atoms with Gasteiger partial charge in [0, 0.05) is 28.8 Å². The van der Waals surface area contributed by atoms with Crippen molar-refractivity contribution in [2.75, 3.05) is 12.4 Å². The van der Waals surface area contributed by atoms with Crippen molar-refractivity contribution >= 4 is 29.5 Å². The highest BCUT2D eigenvalue weighted by Crippen LogP contribution is 2.53. The van der Waals surface area contributed by atoms with Gasteiger partial charge in [0.15, 0.2) is 5.69 Å². The van der Waals surface area contributed by atoms with Gasteiger partial charge in [-0.3, -0.25) is 9.59 Å². The maximum Gasteiger partial charge on any atom is 0.419 e. The maximum atomic E-state index is 14.8. The Hall–Kier alpha value is -5.67. The lowest BCUT2D eigenvalue weighted by molar-refractivity contribution is -0.140. The van der Waals surface area contributed by atoms with Crippen LogP contribution < -0.4 is 15.4 Å². The molecule has 2 saturated carbocycles. The van der Waals surface area contributed by atoms with Crippen molar-refractivity contribution in [3.8, 4) is 17.1 Å². The average molecular weight is 670 g/mol. The minimum absolute atomic E-state index is 0.173. The first kappa shape index (κ1) is 32.3. The Kier molecular flexibility index (Phi) is 8.41. The van der Waals surface area contributed by atoms with Crippen molar-refractivity contribution in [1.29, 1.82) is 0 Å². The number of carboxylic acids is 1. The van der Waals surface area contributed by atoms with E-state index >= 15 is 0 Å². The molecule has 11 nitrogen and oxygen atoms in total. The fourth-order valence-electron chi connectivity index (χ4n) is 6.39. The number of ether oxygens (including phenoxy) is 1. The third-order valence-corrected chi connectivity index (χ3v) is 8.46. The molecule has 4 atom stereocenters. The van der Waals surface area contributed by atoms with Crippen LogP contribution in [0, 0.1) is 29.4 Å². The summed E-state index contributed by atoms with van der Waals surface area (Å²) in [4.78, 5) is 47.3. The van der Waals surface area contributed by atoms with Crippen LogP contribution in [-0.2, 0) is 11.0 Å². The van der Waals surface area contributed by atoms with Gasteiger partial charge in [-0.05, 0) is 55.2 Å². The van der Waals surface area contributed by atoms with Gasteiger partial charge in [0.1, 0.15) is 17.9 Å². The third kappa shape index (κ3) is 6.08. The fraction of sp³-hybridized carbons (Fsp3) is 0.250.